The zero-order valence-electron chi connectivity index (χ0n) is 10.4. The molecule has 0 fully saturated rings. The largest absolute Gasteiger partial charge is 0.481 e. The number of aliphatic hydroxyl groups excluding tert-OH is 1. The molecule has 0 aliphatic rings. The molecule has 2 N–H and O–H groups in total. The van der Waals surface area contributed by atoms with Gasteiger partial charge >= 0.3 is 0 Å². The van der Waals surface area contributed by atoms with Crippen molar-refractivity contribution in [1.29, 1.82) is 0 Å². The molecule has 0 saturated heterocycles. The smallest absolute Gasteiger partial charge is 0.148 e. The number of halogens is 1. The third-order valence-electron chi connectivity index (χ3n) is 2.39. The summed E-state index contributed by atoms with van der Waals surface area (Å²) in [6, 6.07) is 5.82. The number of terminal acetylenes is 1. The fraction of sp³-hybridized carbons (Fsp3) is 0.429. The molecule has 0 saturated carbocycles. The van der Waals surface area contributed by atoms with Crippen molar-refractivity contribution in [2.24, 2.45) is 0 Å². The number of benzene rings is 1. The topological polar surface area (TPSA) is 41.5 Å². The van der Waals surface area contributed by atoms with E-state index in [0.717, 1.165) is 28.8 Å². The van der Waals surface area contributed by atoms with E-state index in [1.165, 1.54) is 0 Å². The second-order valence-electron chi connectivity index (χ2n) is 4.06. The third kappa shape index (κ3) is 5.54. The van der Waals surface area contributed by atoms with Crippen LogP contribution in [0.4, 0.5) is 0 Å². The molecule has 1 aromatic carbocycles. The summed E-state index contributed by atoms with van der Waals surface area (Å²) in [6.45, 7) is 3.50. The minimum absolute atomic E-state index is 0.266. The van der Waals surface area contributed by atoms with E-state index in [0.29, 0.717) is 6.54 Å². The van der Waals surface area contributed by atoms with Crippen LogP contribution in [-0.4, -0.2) is 24.4 Å². The van der Waals surface area contributed by atoms with Gasteiger partial charge in [-0.25, -0.2) is 0 Å². The summed E-state index contributed by atoms with van der Waals surface area (Å²) in [6.07, 6.45) is 5.63. The molecule has 1 atom stereocenters. The van der Waals surface area contributed by atoms with Crippen molar-refractivity contribution in [1.82, 2.24) is 5.32 Å². The first kappa shape index (κ1) is 15.0. The highest BCUT2D eigenvalue weighted by atomic mass is 79.9. The Kier molecular flexibility index (Phi) is 6.81. The maximum Gasteiger partial charge on any atom is 0.148 e. The monoisotopic (exact) mass is 311 g/mol. The molecule has 98 valence electrons. The number of aliphatic hydroxyl groups is 1. The van der Waals surface area contributed by atoms with Gasteiger partial charge in [-0.1, -0.05) is 21.9 Å². The van der Waals surface area contributed by atoms with Crippen molar-refractivity contribution in [3.8, 4) is 18.1 Å². The molecule has 18 heavy (non-hydrogen) atoms. The van der Waals surface area contributed by atoms with E-state index in [-0.39, 0.29) is 12.7 Å². The molecule has 3 nitrogen and oxygen atoms in total. The minimum Gasteiger partial charge on any atom is -0.481 e. The van der Waals surface area contributed by atoms with Crippen LogP contribution in [0.1, 0.15) is 18.9 Å². The number of nitrogens with one attached hydrogen (secondary N) is 1. The Balaban J connectivity index is 2.56. The lowest BCUT2D eigenvalue weighted by atomic mass is 10.2. The second kappa shape index (κ2) is 8.15. The average molecular weight is 312 g/mol. The summed E-state index contributed by atoms with van der Waals surface area (Å²) in [7, 11) is 0. The van der Waals surface area contributed by atoms with Crippen LogP contribution in [0.25, 0.3) is 0 Å². The van der Waals surface area contributed by atoms with Crippen LogP contribution < -0.4 is 10.1 Å². The quantitative estimate of drug-likeness (QED) is 0.600. The maximum absolute atomic E-state index is 9.17. The highest BCUT2D eigenvalue weighted by molar-refractivity contribution is 9.10. The predicted molar refractivity (Wildman–Crippen MR) is 76.5 cm³/mol. The summed E-state index contributed by atoms with van der Waals surface area (Å²) >= 11 is 3.43. The Bertz CT molecular complexity index is 413. The Morgan fingerprint density at radius 1 is 1.56 bits per heavy atom. The van der Waals surface area contributed by atoms with Crippen LogP contribution >= 0.6 is 15.9 Å². The average Bonchev–Trinajstić information content (AvgIpc) is 2.33. The van der Waals surface area contributed by atoms with E-state index in [1.54, 1.807) is 6.92 Å². The van der Waals surface area contributed by atoms with Crippen molar-refractivity contribution in [3.63, 3.8) is 0 Å². The molecule has 1 unspecified atom stereocenters. The lowest BCUT2D eigenvalue weighted by Crippen LogP contribution is -2.19. The van der Waals surface area contributed by atoms with Crippen LogP contribution in [0.3, 0.4) is 0 Å². The van der Waals surface area contributed by atoms with Gasteiger partial charge in [-0.3, -0.25) is 0 Å². The number of hydrogen-bond acceptors (Lipinski definition) is 3. The van der Waals surface area contributed by atoms with E-state index < -0.39 is 0 Å². The molecule has 0 amide bonds. The molecule has 0 aromatic heterocycles. The first-order valence-corrected chi connectivity index (χ1v) is 6.66. The highest BCUT2D eigenvalue weighted by Gasteiger charge is 2.04. The molecule has 0 spiro atoms. The summed E-state index contributed by atoms with van der Waals surface area (Å²) < 4.78 is 6.48. The molecule has 0 radical (unpaired) electrons. The van der Waals surface area contributed by atoms with Crippen LogP contribution in [0, 0.1) is 12.3 Å². The van der Waals surface area contributed by atoms with E-state index in [2.05, 4.69) is 27.2 Å². The lowest BCUT2D eigenvalue weighted by molar-refractivity contribution is 0.183. The number of hydrogen-bond donors (Lipinski definition) is 2. The van der Waals surface area contributed by atoms with Crippen molar-refractivity contribution in [2.45, 2.75) is 26.0 Å². The summed E-state index contributed by atoms with van der Waals surface area (Å²) in [5.74, 6) is 3.25. The normalized spacial score (nSPS) is 11.9. The van der Waals surface area contributed by atoms with Crippen LogP contribution in [0.2, 0.25) is 0 Å². The number of rotatable bonds is 7. The fourth-order valence-corrected chi connectivity index (χ4v) is 1.89. The van der Waals surface area contributed by atoms with E-state index in [4.69, 9.17) is 11.2 Å². The van der Waals surface area contributed by atoms with E-state index >= 15 is 0 Å². The van der Waals surface area contributed by atoms with Gasteiger partial charge in [0.25, 0.3) is 0 Å². The first-order chi connectivity index (χ1) is 8.63. The van der Waals surface area contributed by atoms with Gasteiger partial charge in [0, 0.05) is 16.6 Å². The molecular formula is C14H18BrNO2. The molecule has 1 aromatic rings. The molecule has 0 aliphatic carbocycles. The Labute approximate surface area is 117 Å². The molecular weight excluding hydrogens is 294 g/mol. The van der Waals surface area contributed by atoms with Crippen LogP contribution in [-0.2, 0) is 6.54 Å². The third-order valence-corrected chi connectivity index (χ3v) is 2.88. The van der Waals surface area contributed by atoms with E-state index in [1.807, 2.05) is 18.2 Å². The molecule has 0 aliphatic heterocycles. The van der Waals surface area contributed by atoms with Crippen LogP contribution in [0.15, 0.2) is 22.7 Å². The summed E-state index contributed by atoms with van der Waals surface area (Å²) in [5.41, 5.74) is 1.05. The first-order valence-electron chi connectivity index (χ1n) is 5.87. The summed E-state index contributed by atoms with van der Waals surface area (Å²) in [4.78, 5) is 0. The van der Waals surface area contributed by atoms with Gasteiger partial charge in [0.15, 0.2) is 0 Å². The van der Waals surface area contributed by atoms with Gasteiger partial charge in [-0.15, -0.1) is 6.42 Å². The van der Waals surface area contributed by atoms with E-state index in [9.17, 15) is 5.11 Å². The Morgan fingerprint density at radius 3 is 3.00 bits per heavy atom. The highest BCUT2D eigenvalue weighted by Crippen LogP contribution is 2.23. The van der Waals surface area contributed by atoms with Crippen molar-refractivity contribution in [3.05, 3.63) is 28.2 Å². The van der Waals surface area contributed by atoms with Crippen LogP contribution in [0.5, 0.6) is 5.75 Å². The fourth-order valence-electron chi connectivity index (χ4n) is 1.48. The Morgan fingerprint density at radius 2 is 2.33 bits per heavy atom. The van der Waals surface area contributed by atoms with Gasteiger partial charge in [0.1, 0.15) is 12.4 Å². The maximum atomic E-state index is 9.17. The van der Waals surface area contributed by atoms with Crippen molar-refractivity contribution in [2.75, 3.05) is 13.2 Å². The standard InChI is InChI=1S/C14H18BrNO2/c1-3-8-18-14-5-4-13(15)9-12(14)10-16-7-6-11(2)17/h1,4-5,9,11,16-17H,6-8,10H2,2H3. The molecule has 0 bridgehead atoms. The van der Waals surface area contributed by atoms with Gasteiger partial charge in [-0.2, -0.15) is 0 Å². The molecule has 0 heterocycles. The Hall–Kier alpha value is -1.02. The van der Waals surface area contributed by atoms with Crippen molar-refractivity contribution >= 4 is 15.9 Å². The lowest BCUT2D eigenvalue weighted by Gasteiger charge is -2.12. The summed E-state index contributed by atoms with van der Waals surface area (Å²) in [5, 5.41) is 12.4. The van der Waals surface area contributed by atoms with Gasteiger partial charge in [0.05, 0.1) is 6.10 Å². The molecule has 1 rings (SSSR count). The minimum atomic E-state index is -0.280. The van der Waals surface area contributed by atoms with Gasteiger partial charge in [0.2, 0.25) is 0 Å². The predicted octanol–water partition coefficient (Wildman–Crippen LogP) is 2.32. The second-order valence-corrected chi connectivity index (χ2v) is 4.97. The van der Waals surface area contributed by atoms with Gasteiger partial charge < -0.3 is 15.2 Å². The zero-order chi connectivity index (χ0) is 13.4. The van der Waals surface area contributed by atoms with Crippen molar-refractivity contribution < 1.29 is 9.84 Å². The SMILES string of the molecule is C#CCOc1ccc(Br)cc1CNCCC(C)O. The number of ether oxygens (including phenoxy) is 1. The molecule has 4 heteroatoms. The zero-order valence-corrected chi connectivity index (χ0v) is 12.0. The van der Waals surface area contributed by atoms with Gasteiger partial charge in [-0.05, 0) is 38.1 Å².